The number of nitrogens with zero attached hydrogens (tertiary/aromatic N) is 2. The zero-order valence-corrected chi connectivity index (χ0v) is 11.6. The smallest absolute Gasteiger partial charge is 0.138 e. The van der Waals surface area contributed by atoms with E-state index in [1.165, 1.54) is 6.33 Å². The maximum Gasteiger partial charge on any atom is 0.138 e. The van der Waals surface area contributed by atoms with Crippen LogP contribution in [0.15, 0.2) is 6.33 Å². The van der Waals surface area contributed by atoms with Crippen LogP contribution in [0.4, 0.5) is 5.82 Å². The normalized spacial score (nSPS) is 24.3. The van der Waals surface area contributed by atoms with Crippen molar-refractivity contribution in [3.05, 3.63) is 17.0 Å². The lowest BCUT2D eigenvalue weighted by atomic mass is 9.92. The van der Waals surface area contributed by atoms with Crippen LogP contribution in [0.3, 0.4) is 0 Å². The minimum atomic E-state index is -0.299. The van der Waals surface area contributed by atoms with Gasteiger partial charge in [-0.15, -0.1) is 0 Å². The third-order valence-corrected chi connectivity index (χ3v) is 3.77. The topological polar surface area (TPSA) is 58.0 Å². The van der Waals surface area contributed by atoms with Crippen molar-refractivity contribution in [2.24, 2.45) is 0 Å². The predicted molar refractivity (Wildman–Crippen MR) is 73.0 cm³/mol. The van der Waals surface area contributed by atoms with Gasteiger partial charge in [-0.25, -0.2) is 9.97 Å². The van der Waals surface area contributed by atoms with E-state index in [9.17, 15) is 5.11 Å². The van der Waals surface area contributed by atoms with Crippen molar-refractivity contribution < 1.29 is 5.11 Å². The number of aromatic nitrogens is 2. The van der Waals surface area contributed by atoms with Crippen LogP contribution in [0, 0.1) is 0 Å². The van der Waals surface area contributed by atoms with Crippen LogP contribution in [0.25, 0.3) is 0 Å². The third-order valence-electron chi connectivity index (χ3n) is 3.46. The number of aliphatic hydroxyl groups excluding tert-OH is 1. The van der Waals surface area contributed by atoms with Crippen molar-refractivity contribution in [3.8, 4) is 0 Å². The van der Waals surface area contributed by atoms with Crippen LogP contribution in [0.5, 0.6) is 0 Å². The molecular weight excluding hydrogens is 250 g/mol. The summed E-state index contributed by atoms with van der Waals surface area (Å²) in [4.78, 5) is 8.30. The third kappa shape index (κ3) is 2.93. The molecule has 0 amide bonds. The van der Waals surface area contributed by atoms with Gasteiger partial charge < -0.3 is 10.4 Å². The monoisotopic (exact) mass is 269 g/mol. The molecule has 1 saturated carbocycles. The number of nitrogens with one attached hydrogen (secondary N) is 1. The fourth-order valence-corrected chi connectivity index (χ4v) is 2.81. The molecule has 1 aromatic rings. The van der Waals surface area contributed by atoms with Gasteiger partial charge in [-0.2, -0.15) is 0 Å². The van der Waals surface area contributed by atoms with E-state index in [1.54, 1.807) is 0 Å². The summed E-state index contributed by atoms with van der Waals surface area (Å²) < 4.78 is 0. The van der Waals surface area contributed by atoms with E-state index in [2.05, 4.69) is 29.1 Å². The van der Waals surface area contributed by atoms with Gasteiger partial charge in [0.25, 0.3) is 0 Å². The molecular formula is C13H20ClN3O. The first kappa shape index (κ1) is 13.6. The lowest BCUT2D eigenvalue weighted by Gasteiger charge is -2.29. The number of hydrogen-bond donors (Lipinski definition) is 2. The van der Waals surface area contributed by atoms with Gasteiger partial charge in [0.2, 0.25) is 0 Å². The summed E-state index contributed by atoms with van der Waals surface area (Å²) in [5, 5.41) is 13.8. The molecule has 0 saturated heterocycles. The van der Waals surface area contributed by atoms with Gasteiger partial charge in [0.1, 0.15) is 17.3 Å². The van der Waals surface area contributed by atoms with Gasteiger partial charge in [0, 0.05) is 5.56 Å². The van der Waals surface area contributed by atoms with E-state index < -0.39 is 0 Å². The summed E-state index contributed by atoms with van der Waals surface area (Å²) in [6.45, 7) is 4.13. The van der Waals surface area contributed by atoms with Crippen molar-refractivity contribution in [2.45, 2.75) is 57.6 Å². The Morgan fingerprint density at radius 2 is 2.06 bits per heavy atom. The van der Waals surface area contributed by atoms with Crippen LogP contribution < -0.4 is 5.32 Å². The SMILES string of the molecule is CC(C)c1c(Cl)ncnc1NC1CCCCC1O. The minimum Gasteiger partial charge on any atom is -0.391 e. The highest BCUT2D eigenvalue weighted by atomic mass is 35.5. The molecule has 1 aliphatic carbocycles. The average molecular weight is 270 g/mol. The Morgan fingerprint density at radius 3 is 2.72 bits per heavy atom. The molecule has 18 heavy (non-hydrogen) atoms. The van der Waals surface area contributed by atoms with E-state index >= 15 is 0 Å². The van der Waals surface area contributed by atoms with Crippen LogP contribution in [-0.4, -0.2) is 27.2 Å². The molecule has 2 atom stereocenters. The molecule has 0 aliphatic heterocycles. The van der Waals surface area contributed by atoms with Gasteiger partial charge in [-0.3, -0.25) is 0 Å². The van der Waals surface area contributed by atoms with Gasteiger partial charge in [0.15, 0.2) is 0 Å². The molecule has 0 aromatic carbocycles. The first-order valence-electron chi connectivity index (χ1n) is 6.54. The average Bonchev–Trinajstić information content (AvgIpc) is 2.31. The molecule has 2 rings (SSSR count). The summed E-state index contributed by atoms with van der Waals surface area (Å²) in [5.41, 5.74) is 0.928. The molecule has 1 heterocycles. The maximum absolute atomic E-state index is 9.99. The van der Waals surface area contributed by atoms with Crippen LogP contribution in [0.1, 0.15) is 51.0 Å². The predicted octanol–water partition coefficient (Wildman–Crippen LogP) is 2.97. The summed E-state index contributed by atoms with van der Waals surface area (Å²) in [5.74, 6) is 1.01. The van der Waals surface area contributed by atoms with Crippen molar-refractivity contribution in [2.75, 3.05) is 5.32 Å². The zero-order valence-electron chi connectivity index (χ0n) is 10.9. The lowest BCUT2D eigenvalue weighted by molar-refractivity contribution is 0.116. The molecule has 0 bridgehead atoms. The van der Waals surface area contributed by atoms with Crippen molar-refractivity contribution in [3.63, 3.8) is 0 Å². The van der Waals surface area contributed by atoms with E-state index in [0.29, 0.717) is 5.15 Å². The first-order valence-corrected chi connectivity index (χ1v) is 6.92. The van der Waals surface area contributed by atoms with Gasteiger partial charge >= 0.3 is 0 Å². The Morgan fingerprint density at radius 1 is 1.33 bits per heavy atom. The quantitative estimate of drug-likeness (QED) is 0.829. The molecule has 0 spiro atoms. The van der Waals surface area contributed by atoms with Crippen LogP contribution >= 0.6 is 11.6 Å². The fourth-order valence-electron chi connectivity index (χ4n) is 2.46. The van der Waals surface area contributed by atoms with E-state index in [0.717, 1.165) is 37.1 Å². The van der Waals surface area contributed by atoms with Crippen LogP contribution in [-0.2, 0) is 0 Å². The van der Waals surface area contributed by atoms with Crippen molar-refractivity contribution in [1.82, 2.24) is 9.97 Å². The van der Waals surface area contributed by atoms with Gasteiger partial charge in [0.05, 0.1) is 12.1 Å². The Bertz CT molecular complexity index is 411. The molecule has 100 valence electrons. The van der Waals surface area contributed by atoms with E-state index in [4.69, 9.17) is 11.6 Å². The summed E-state index contributed by atoms with van der Waals surface area (Å²) in [6, 6.07) is 0.0715. The Kier molecular flexibility index (Phi) is 4.40. The number of anilines is 1. The molecule has 5 heteroatoms. The van der Waals surface area contributed by atoms with Crippen molar-refractivity contribution in [1.29, 1.82) is 0 Å². The van der Waals surface area contributed by atoms with Crippen molar-refractivity contribution >= 4 is 17.4 Å². The molecule has 1 fully saturated rings. The van der Waals surface area contributed by atoms with Gasteiger partial charge in [-0.1, -0.05) is 38.3 Å². The second kappa shape index (κ2) is 5.85. The second-order valence-electron chi connectivity index (χ2n) is 5.18. The molecule has 1 aliphatic rings. The number of halogens is 1. The second-order valence-corrected chi connectivity index (χ2v) is 5.54. The minimum absolute atomic E-state index is 0.0715. The number of aliphatic hydroxyl groups is 1. The standard InChI is InChI=1S/C13H20ClN3O/c1-8(2)11-12(14)15-7-16-13(11)17-9-5-3-4-6-10(9)18/h7-10,18H,3-6H2,1-2H3,(H,15,16,17). The molecule has 2 unspecified atom stereocenters. The first-order chi connectivity index (χ1) is 8.59. The summed E-state index contributed by atoms with van der Waals surface area (Å²) >= 11 is 6.12. The number of hydrogen-bond acceptors (Lipinski definition) is 4. The Labute approximate surface area is 113 Å². The summed E-state index contributed by atoms with van der Waals surface area (Å²) in [6.07, 6.45) is 5.23. The number of rotatable bonds is 3. The highest BCUT2D eigenvalue weighted by Gasteiger charge is 2.25. The highest BCUT2D eigenvalue weighted by molar-refractivity contribution is 6.30. The molecule has 2 N–H and O–H groups in total. The van der Waals surface area contributed by atoms with Crippen LogP contribution in [0.2, 0.25) is 5.15 Å². The Balaban J connectivity index is 2.20. The molecule has 4 nitrogen and oxygen atoms in total. The van der Waals surface area contributed by atoms with E-state index in [-0.39, 0.29) is 18.1 Å². The lowest BCUT2D eigenvalue weighted by Crippen LogP contribution is -2.37. The van der Waals surface area contributed by atoms with Gasteiger partial charge in [-0.05, 0) is 18.8 Å². The zero-order chi connectivity index (χ0) is 13.1. The molecule has 1 aromatic heterocycles. The highest BCUT2D eigenvalue weighted by Crippen LogP contribution is 2.30. The molecule has 0 radical (unpaired) electrons. The summed E-state index contributed by atoms with van der Waals surface area (Å²) in [7, 11) is 0. The Hall–Kier alpha value is -0.870. The fraction of sp³-hybridized carbons (Fsp3) is 0.692. The maximum atomic E-state index is 9.99. The van der Waals surface area contributed by atoms with E-state index in [1.807, 2.05) is 0 Å². The largest absolute Gasteiger partial charge is 0.391 e.